The molecule has 5 rings (SSSR count). The van der Waals surface area contributed by atoms with Gasteiger partial charge in [-0.25, -0.2) is 4.98 Å². The number of amides is 2. The summed E-state index contributed by atoms with van der Waals surface area (Å²) >= 11 is 0. The van der Waals surface area contributed by atoms with Gasteiger partial charge in [-0.1, -0.05) is 60.7 Å². The van der Waals surface area contributed by atoms with Crippen molar-refractivity contribution in [2.24, 2.45) is 0 Å². The van der Waals surface area contributed by atoms with Crippen molar-refractivity contribution < 1.29 is 9.59 Å². The zero-order valence-corrected chi connectivity index (χ0v) is 23.8. The first-order valence-corrected chi connectivity index (χ1v) is 14.6. The van der Waals surface area contributed by atoms with Gasteiger partial charge in [-0.05, 0) is 52.0 Å². The van der Waals surface area contributed by atoms with Crippen molar-refractivity contribution in [2.75, 3.05) is 59.9 Å². The number of piperazine rings is 1. The van der Waals surface area contributed by atoms with Crippen LogP contribution in [0.4, 0.5) is 0 Å². The summed E-state index contributed by atoms with van der Waals surface area (Å²) in [5, 5.41) is 0. The third-order valence-corrected chi connectivity index (χ3v) is 8.14. The highest BCUT2D eigenvalue weighted by Crippen LogP contribution is 2.26. The van der Waals surface area contributed by atoms with Crippen molar-refractivity contribution in [1.29, 1.82) is 0 Å². The molecular weight excluding hydrogens is 498 g/mol. The number of aromatic nitrogens is 1. The van der Waals surface area contributed by atoms with Crippen molar-refractivity contribution in [3.8, 4) is 22.5 Å². The van der Waals surface area contributed by atoms with E-state index in [0.29, 0.717) is 31.1 Å². The number of piperidine rings is 1. The maximum absolute atomic E-state index is 13.7. The molecule has 3 aromatic rings. The quantitative estimate of drug-likeness (QED) is 0.422. The maximum atomic E-state index is 13.7. The standard InChI is InChI=1S/C33H41N5O2/c1-35(2)17-9-14-32(39)37-18-15-29(16-19-37)36-20-22-38(23-21-36)33(40)28-24-30(26-10-5-3-6-11-26)34-31(25-28)27-12-7-4-8-13-27/h3-8,10-13,24-25,29H,9,14-23H2,1-2H3. The van der Waals surface area contributed by atoms with Gasteiger partial charge in [-0.3, -0.25) is 14.5 Å². The Morgan fingerprint density at radius 3 is 1.85 bits per heavy atom. The summed E-state index contributed by atoms with van der Waals surface area (Å²) in [7, 11) is 4.09. The number of carbonyl (C=O) groups is 2. The molecule has 0 radical (unpaired) electrons. The van der Waals surface area contributed by atoms with Crippen LogP contribution in [0.15, 0.2) is 72.8 Å². The van der Waals surface area contributed by atoms with E-state index in [9.17, 15) is 9.59 Å². The molecule has 210 valence electrons. The first-order valence-electron chi connectivity index (χ1n) is 14.6. The fourth-order valence-electron chi connectivity index (χ4n) is 5.83. The highest BCUT2D eigenvalue weighted by molar-refractivity contribution is 5.96. The Kier molecular flexibility index (Phi) is 9.24. The molecule has 2 aromatic carbocycles. The van der Waals surface area contributed by atoms with Gasteiger partial charge in [0.05, 0.1) is 11.4 Å². The summed E-state index contributed by atoms with van der Waals surface area (Å²) in [6.07, 6.45) is 3.58. The van der Waals surface area contributed by atoms with E-state index in [4.69, 9.17) is 4.98 Å². The minimum absolute atomic E-state index is 0.0644. The Morgan fingerprint density at radius 2 is 1.32 bits per heavy atom. The van der Waals surface area contributed by atoms with Crippen molar-refractivity contribution >= 4 is 11.8 Å². The lowest BCUT2D eigenvalue weighted by Crippen LogP contribution is -2.54. The molecule has 7 heteroatoms. The van der Waals surface area contributed by atoms with Crippen LogP contribution in [0.1, 0.15) is 36.0 Å². The second-order valence-electron chi connectivity index (χ2n) is 11.2. The minimum atomic E-state index is 0.0644. The zero-order valence-electron chi connectivity index (χ0n) is 23.8. The van der Waals surface area contributed by atoms with Crippen LogP contribution in [0.25, 0.3) is 22.5 Å². The molecular formula is C33H41N5O2. The van der Waals surface area contributed by atoms with E-state index in [2.05, 4.69) is 9.80 Å². The minimum Gasteiger partial charge on any atom is -0.343 e. The smallest absolute Gasteiger partial charge is 0.254 e. The Bertz CT molecular complexity index is 1210. The van der Waals surface area contributed by atoms with Gasteiger partial charge in [-0.15, -0.1) is 0 Å². The van der Waals surface area contributed by atoms with Gasteiger partial charge in [0.25, 0.3) is 5.91 Å². The average Bonchev–Trinajstić information content (AvgIpc) is 3.01. The number of hydrogen-bond acceptors (Lipinski definition) is 5. The molecule has 0 aliphatic carbocycles. The molecule has 2 aliphatic heterocycles. The van der Waals surface area contributed by atoms with E-state index in [1.807, 2.05) is 96.7 Å². The fraction of sp³-hybridized carbons (Fsp3) is 0.424. The van der Waals surface area contributed by atoms with Gasteiger partial charge in [0, 0.05) is 68.4 Å². The van der Waals surface area contributed by atoms with Crippen LogP contribution >= 0.6 is 0 Å². The van der Waals surface area contributed by atoms with Gasteiger partial charge < -0.3 is 14.7 Å². The van der Waals surface area contributed by atoms with Crippen molar-refractivity contribution in [1.82, 2.24) is 24.6 Å². The summed E-state index contributed by atoms with van der Waals surface area (Å²) in [4.78, 5) is 39.9. The van der Waals surface area contributed by atoms with Crippen LogP contribution < -0.4 is 0 Å². The molecule has 0 bridgehead atoms. The molecule has 40 heavy (non-hydrogen) atoms. The summed E-state index contributed by atoms with van der Waals surface area (Å²) in [5.74, 6) is 0.354. The van der Waals surface area contributed by atoms with Crippen LogP contribution in [0, 0.1) is 0 Å². The number of likely N-dealkylation sites (tertiary alicyclic amines) is 1. The van der Waals surface area contributed by atoms with Gasteiger partial charge in [0.15, 0.2) is 0 Å². The number of benzene rings is 2. The largest absolute Gasteiger partial charge is 0.343 e. The summed E-state index contributed by atoms with van der Waals surface area (Å²) in [5.41, 5.74) is 4.31. The van der Waals surface area contributed by atoms with Crippen molar-refractivity contribution in [3.05, 3.63) is 78.4 Å². The maximum Gasteiger partial charge on any atom is 0.254 e. The Morgan fingerprint density at radius 1 is 0.775 bits per heavy atom. The first kappa shape index (κ1) is 28.0. The molecule has 2 saturated heterocycles. The molecule has 0 N–H and O–H groups in total. The van der Waals surface area contributed by atoms with E-state index in [1.54, 1.807) is 0 Å². The molecule has 0 spiro atoms. The zero-order chi connectivity index (χ0) is 27.9. The van der Waals surface area contributed by atoms with Crippen LogP contribution in [0.5, 0.6) is 0 Å². The molecule has 2 aliphatic rings. The number of carbonyl (C=O) groups excluding carboxylic acids is 2. The molecule has 0 saturated carbocycles. The molecule has 1 aromatic heterocycles. The lowest BCUT2D eigenvalue weighted by Gasteiger charge is -2.42. The molecule has 0 atom stereocenters. The fourth-order valence-corrected chi connectivity index (χ4v) is 5.83. The summed E-state index contributed by atoms with van der Waals surface area (Å²) < 4.78 is 0. The van der Waals surface area contributed by atoms with E-state index < -0.39 is 0 Å². The topological polar surface area (TPSA) is 60.0 Å². The van der Waals surface area contributed by atoms with Crippen molar-refractivity contribution in [2.45, 2.75) is 31.7 Å². The molecule has 7 nitrogen and oxygen atoms in total. The highest BCUT2D eigenvalue weighted by Gasteiger charge is 2.30. The van der Waals surface area contributed by atoms with Gasteiger partial charge in [0.2, 0.25) is 5.91 Å². The van der Waals surface area contributed by atoms with Gasteiger partial charge in [0.1, 0.15) is 0 Å². The normalized spacial score (nSPS) is 16.9. The number of nitrogens with zero attached hydrogens (tertiary/aromatic N) is 5. The predicted molar refractivity (Wildman–Crippen MR) is 160 cm³/mol. The summed E-state index contributed by atoms with van der Waals surface area (Å²) in [6, 6.07) is 24.5. The Balaban J connectivity index is 1.20. The van der Waals surface area contributed by atoms with E-state index in [1.165, 1.54) is 0 Å². The Labute approximate surface area is 238 Å². The summed E-state index contributed by atoms with van der Waals surface area (Å²) in [6.45, 7) is 5.80. The van der Waals surface area contributed by atoms with Gasteiger partial charge >= 0.3 is 0 Å². The predicted octanol–water partition coefficient (Wildman–Crippen LogP) is 4.51. The number of pyridine rings is 1. The third-order valence-electron chi connectivity index (χ3n) is 8.14. The lowest BCUT2D eigenvalue weighted by atomic mass is 10.0. The second-order valence-corrected chi connectivity index (χ2v) is 11.2. The third kappa shape index (κ3) is 6.95. The first-order chi connectivity index (χ1) is 19.5. The average molecular weight is 540 g/mol. The number of rotatable bonds is 8. The molecule has 3 heterocycles. The van der Waals surface area contributed by atoms with E-state index in [-0.39, 0.29) is 11.8 Å². The number of hydrogen-bond donors (Lipinski definition) is 0. The highest BCUT2D eigenvalue weighted by atomic mass is 16.2. The van der Waals surface area contributed by atoms with Gasteiger partial charge in [-0.2, -0.15) is 0 Å². The Hall–Kier alpha value is -3.55. The molecule has 2 fully saturated rings. The van der Waals surface area contributed by atoms with E-state index >= 15 is 0 Å². The second kappa shape index (κ2) is 13.2. The van der Waals surface area contributed by atoms with Crippen LogP contribution in [0.3, 0.4) is 0 Å². The lowest BCUT2D eigenvalue weighted by molar-refractivity contribution is -0.133. The molecule has 0 unspecified atom stereocenters. The van der Waals surface area contributed by atoms with Crippen LogP contribution in [-0.2, 0) is 4.79 Å². The monoisotopic (exact) mass is 539 g/mol. The van der Waals surface area contributed by atoms with E-state index in [0.717, 1.165) is 74.5 Å². The van der Waals surface area contributed by atoms with Crippen LogP contribution in [0.2, 0.25) is 0 Å². The van der Waals surface area contributed by atoms with Crippen LogP contribution in [-0.4, -0.2) is 102 Å². The SMILES string of the molecule is CN(C)CCCC(=O)N1CCC(N2CCN(C(=O)c3cc(-c4ccccc4)nc(-c4ccccc4)c3)CC2)CC1. The molecule has 2 amide bonds. The van der Waals surface area contributed by atoms with Crippen molar-refractivity contribution in [3.63, 3.8) is 0 Å².